The van der Waals surface area contributed by atoms with Gasteiger partial charge in [-0.2, -0.15) is 0 Å². The van der Waals surface area contributed by atoms with Gasteiger partial charge in [0, 0.05) is 15.5 Å². The molecule has 0 saturated heterocycles. The standard InChI is InChI=1S/C14H19BrClN/c1-9-2-4-10(5-3-9)14(17)12-7-6-11(15)8-13(12)16/h6-10,14H,2-5,17H2,1H3. The second-order valence-electron chi connectivity index (χ2n) is 5.21. The second-order valence-corrected chi connectivity index (χ2v) is 6.53. The van der Waals surface area contributed by atoms with Gasteiger partial charge in [0.15, 0.2) is 0 Å². The van der Waals surface area contributed by atoms with E-state index in [1.165, 1.54) is 25.7 Å². The zero-order valence-electron chi connectivity index (χ0n) is 10.1. The Kier molecular flexibility index (Phi) is 4.51. The summed E-state index contributed by atoms with van der Waals surface area (Å²) in [5, 5.41) is 0.783. The first-order valence-corrected chi connectivity index (χ1v) is 7.45. The topological polar surface area (TPSA) is 26.0 Å². The van der Waals surface area contributed by atoms with Crippen LogP contribution in [0.5, 0.6) is 0 Å². The number of halogens is 2. The van der Waals surface area contributed by atoms with Crippen LogP contribution in [0, 0.1) is 11.8 Å². The van der Waals surface area contributed by atoms with E-state index in [0.717, 1.165) is 21.0 Å². The number of benzene rings is 1. The molecule has 1 aromatic carbocycles. The van der Waals surface area contributed by atoms with E-state index >= 15 is 0 Å². The molecular weight excluding hydrogens is 298 g/mol. The highest BCUT2D eigenvalue weighted by Crippen LogP contribution is 2.37. The average Bonchev–Trinajstić information content (AvgIpc) is 2.29. The molecule has 1 aliphatic carbocycles. The molecule has 1 saturated carbocycles. The first-order valence-electron chi connectivity index (χ1n) is 6.28. The summed E-state index contributed by atoms with van der Waals surface area (Å²) in [6.45, 7) is 2.33. The molecule has 0 bridgehead atoms. The summed E-state index contributed by atoms with van der Waals surface area (Å²) in [5.41, 5.74) is 7.46. The van der Waals surface area contributed by atoms with Crippen molar-refractivity contribution in [1.82, 2.24) is 0 Å². The minimum absolute atomic E-state index is 0.0862. The Morgan fingerprint density at radius 3 is 2.53 bits per heavy atom. The normalized spacial score (nSPS) is 26.8. The van der Waals surface area contributed by atoms with Crippen LogP contribution in [0.4, 0.5) is 0 Å². The zero-order chi connectivity index (χ0) is 12.4. The largest absolute Gasteiger partial charge is 0.324 e. The summed E-state index contributed by atoms with van der Waals surface area (Å²) >= 11 is 9.69. The summed E-state index contributed by atoms with van der Waals surface area (Å²) in [6, 6.07) is 6.09. The summed E-state index contributed by atoms with van der Waals surface area (Å²) < 4.78 is 1.01. The number of hydrogen-bond acceptors (Lipinski definition) is 1. The molecule has 0 heterocycles. The maximum atomic E-state index is 6.37. The fourth-order valence-corrected chi connectivity index (χ4v) is 3.47. The minimum Gasteiger partial charge on any atom is -0.324 e. The maximum Gasteiger partial charge on any atom is 0.0465 e. The lowest BCUT2D eigenvalue weighted by atomic mass is 9.78. The lowest BCUT2D eigenvalue weighted by Crippen LogP contribution is -2.25. The van der Waals surface area contributed by atoms with Crippen LogP contribution in [0.1, 0.15) is 44.2 Å². The van der Waals surface area contributed by atoms with Crippen molar-refractivity contribution in [3.63, 3.8) is 0 Å². The van der Waals surface area contributed by atoms with Gasteiger partial charge < -0.3 is 5.73 Å². The first-order chi connectivity index (χ1) is 8.08. The highest BCUT2D eigenvalue weighted by Gasteiger charge is 2.25. The van der Waals surface area contributed by atoms with E-state index in [1.54, 1.807) is 0 Å². The smallest absolute Gasteiger partial charge is 0.0465 e. The van der Waals surface area contributed by atoms with Crippen molar-refractivity contribution in [2.24, 2.45) is 17.6 Å². The molecule has 3 heteroatoms. The van der Waals surface area contributed by atoms with E-state index in [-0.39, 0.29) is 6.04 Å². The Morgan fingerprint density at radius 2 is 1.94 bits per heavy atom. The molecule has 1 unspecified atom stereocenters. The van der Waals surface area contributed by atoms with Crippen molar-refractivity contribution in [3.8, 4) is 0 Å². The molecule has 0 aliphatic heterocycles. The summed E-state index contributed by atoms with van der Waals surface area (Å²) in [7, 11) is 0. The lowest BCUT2D eigenvalue weighted by molar-refractivity contribution is 0.256. The van der Waals surface area contributed by atoms with Crippen LogP contribution in [0.15, 0.2) is 22.7 Å². The van der Waals surface area contributed by atoms with Crippen LogP contribution in [0.25, 0.3) is 0 Å². The fraction of sp³-hybridized carbons (Fsp3) is 0.571. The van der Waals surface area contributed by atoms with E-state index in [2.05, 4.69) is 28.9 Å². The van der Waals surface area contributed by atoms with E-state index in [0.29, 0.717) is 5.92 Å². The van der Waals surface area contributed by atoms with Crippen molar-refractivity contribution in [2.45, 2.75) is 38.6 Å². The monoisotopic (exact) mass is 315 g/mol. The van der Waals surface area contributed by atoms with Crippen molar-refractivity contribution in [3.05, 3.63) is 33.3 Å². The third-order valence-electron chi connectivity index (χ3n) is 3.89. The summed E-state index contributed by atoms with van der Waals surface area (Å²) in [6.07, 6.45) is 5.06. The van der Waals surface area contributed by atoms with E-state index in [4.69, 9.17) is 17.3 Å². The molecule has 2 rings (SSSR count). The van der Waals surface area contributed by atoms with Gasteiger partial charge in [-0.15, -0.1) is 0 Å². The molecule has 1 nitrogen and oxygen atoms in total. The third kappa shape index (κ3) is 3.24. The Bertz CT molecular complexity index is 386. The van der Waals surface area contributed by atoms with Gasteiger partial charge in [0.25, 0.3) is 0 Å². The summed E-state index contributed by atoms with van der Waals surface area (Å²) in [5.74, 6) is 1.45. The highest BCUT2D eigenvalue weighted by molar-refractivity contribution is 9.10. The molecule has 1 fully saturated rings. The van der Waals surface area contributed by atoms with Crippen LogP contribution in [0.2, 0.25) is 5.02 Å². The summed E-state index contributed by atoms with van der Waals surface area (Å²) in [4.78, 5) is 0. The third-order valence-corrected chi connectivity index (χ3v) is 4.71. The SMILES string of the molecule is CC1CCC(C(N)c2ccc(Br)cc2Cl)CC1. The number of hydrogen-bond donors (Lipinski definition) is 1. The Hall–Kier alpha value is -0.0500. The molecule has 0 amide bonds. The predicted octanol–water partition coefficient (Wildman–Crippen LogP) is 4.93. The Labute approximate surface area is 117 Å². The van der Waals surface area contributed by atoms with Crippen LogP contribution < -0.4 is 5.73 Å². The predicted molar refractivity (Wildman–Crippen MR) is 77.2 cm³/mol. The van der Waals surface area contributed by atoms with Gasteiger partial charge in [0.2, 0.25) is 0 Å². The Balaban J connectivity index is 2.11. The lowest BCUT2D eigenvalue weighted by Gasteiger charge is -2.31. The maximum absolute atomic E-state index is 6.37. The molecule has 1 aliphatic rings. The van der Waals surface area contributed by atoms with Crippen molar-refractivity contribution >= 4 is 27.5 Å². The van der Waals surface area contributed by atoms with E-state index < -0.39 is 0 Å². The van der Waals surface area contributed by atoms with Gasteiger partial charge >= 0.3 is 0 Å². The van der Waals surface area contributed by atoms with Gasteiger partial charge in [-0.3, -0.25) is 0 Å². The molecule has 0 spiro atoms. The molecule has 94 valence electrons. The number of nitrogens with two attached hydrogens (primary N) is 1. The van der Waals surface area contributed by atoms with Crippen LogP contribution in [-0.2, 0) is 0 Å². The molecule has 2 N–H and O–H groups in total. The zero-order valence-corrected chi connectivity index (χ0v) is 12.5. The van der Waals surface area contributed by atoms with Gasteiger partial charge in [-0.25, -0.2) is 0 Å². The highest BCUT2D eigenvalue weighted by atomic mass is 79.9. The van der Waals surface area contributed by atoms with Crippen molar-refractivity contribution < 1.29 is 0 Å². The minimum atomic E-state index is 0.0862. The van der Waals surface area contributed by atoms with Crippen molar-refractivity contribution in [1.29, 1.82) is 0 Å². The van der Waals surface area contributed by atoms with Crippen molar-refractivity contribution in [2.75, 3.05) is 0 Å². The van der Waals surface area contributed by atoms with Gasteiger partial charge in [0.05, 0.1) is 0 Å². The second kappa shape index (κ2) is 5.73. The average molecular weight is 317 g/mol. The van der Waals surface area contributed by atoms with E-state index in [1.807, 2.05) is 12.1 Å². The molecule has 1 aromatic rings. The van der Waals surface area contributed by atoms with Gasteiger partial charge in [-0.1, -0.05) is 53.4 Å². The van der Waals surface area contributed by atoms with Crippen LogP contribution >= 0.6 is 27.5 Å². The van der Waals surface area contributed by atoms with Crippen LogP contribution in [0.3, 0.4) is 0 Å². The van der Waals surface area contributed by atoms with Gasteiger partial charge in [0.1, 0.15) is 0 Å². The number of rotatable bonds is 2. The molecule has 0 aromatic heterocycles. The van der Waals surface area contributed by atoms with Crippen LogP contribution in [-0.4, -0.2) is 0 Å². The molecule has 17 heavy (non-hydrogen) atoms. The molecular formula is C14H19BrClN. The van der Waals surface area contributed by atoms with Gasteiger partial charge in [-0.05, 0) is 42.4 Å². The molecule has 0 radical (unpaired) electrons. The fourth-order valence-electron chi connectivity index (χ4n) is 2.67. The van der Waals surface area contributed by atoms with E-state index in [9.17, 15) is 0 Å². The first kappa shape index (κ1) is 13.4. The Morgan fingerprint density at radius 1 is 1.29 bits per heavy atom. The quantitative estimate of drug-likeness (QED) is 0.822. The molecule has 1 atom stereocenters.